The Morgan fingerprint density at radius 2 is 1.69 bits per heavy atom. The Kier molecular flexibility index (Phi) is 3.04. The van der Waals surface area contributed by atoms with Gasteiger partial charge in [0.05, 0.1) is 0 Å². The number of benzene rings is 1. The highest BCUT2D eigenvalue weighted by molar-refractivity contribution is 5.30. The van der Waals surface area contributed by atoms with Crippen molar-refractivity contribution in [2.24, 2.45) is 11.1 Å². The van der Waals surface area contributed by atoms with Gasteiger partial charge in [0.15, 0.2) is 0 Å². The molecule has 2 N–H and O–H groups in total. The summed E-state index contributed by atoms with van der Waals surface area (Å²) in [4.78, 5) is 2.50. The molecule has 2 rings (SSSR count). The van der Waals surface area contributed by atoms with Crippen LogP contribution in [0.2, 0.25) is 0 Å². The van der Waals surface area contributed by atoms with E-state index in [1.807, 2.05) is 0 Å². The molecule has 1 aliphatic rings. The molecule has 88 valence electrons. The third kappa shape index (κ3) is 2.13. The van der Waals surface area contributed by atoms with Gasteiger partial charge in [0.25, 0.3) is 0 Å². The van der Waals surface area contributed by atoms with Crippen LogP contribution in [-0.2, 0) is 13.1 Å². The zero-order valence-electron chi connectivity index (χ0n) is 10.5. The van der Waals surface area contributed by atoms with Crippen molar-refractivity contribution in [1.82, 2.24) is 4.90 Å². The summed E-state index contributed by atoms with van der Waals surface area (Å²) in [6.45, 7) is 9.65. The summed E-state index contributed by atoms with van der Waals surface area (Å²) in [5.74, 6) is 0. The Morgan fingerprint density at radius 3 is 2.06 bits per heavy atom. The molecule has 0 saturated carbocycles. The monoisotopic (exact) mass is 218 g/mol. The standard InChI is InChI=1S/C14H22N2/c1-14(2,3)13(8-15)16-9-11-6-4-5-7-12(11)10-16/h4-7,13H,8-10,15H2,1-3H3. The van der Waals surface area contributed by atoms with Gasteiger partial charge in [-0.2, -0.15) is 0 Å². The molecule has 0 bridgehead atoms. The lowest BCUT2D eigenvalue weighted by Crippen LogP contribution is -2.46. The summed E-state index contributed by atoms with van der Waals surface area (Å²) in [7, 11) is 0. The highest BCUT2D eigenvalue weighted by atomic mass is 15.2. The lowest BCUT2D eigenvalue weighted by Gasteiger charge is -2.37. The predicted octanol–water partition coefficient (Wildman–Crippen LogP) is 2.38. The van der Waals surface area contributed by atoms with Gasteiger partial charge in [0, 0.05) is 25.7 Å². The maximum atomic E-state index is 5.93. The summed E-state index contributed by atoms with van der Waals surface area (Å²) < 4.78 is 0. The van der Waals surface area contributed by atoms with E-state index in [2.05, 4.69) is 49.9 Å². The molecule has 1 aromatic rings. The topological polar surface area (TPSA) is 29.3 Å². The largest absolute Gasteiger partial charge is 0.329 e. The second-order valence-corrected chi connectivity index (χ2v) is 5.79. The van der Waals surface area contributed by atoms with E-state index in [9.17, 15) is 0 Å². The summed E-state index contributed by atoms with van der Waals surface area (Å²) in [5.41, 5.74) is 9.11. The van der Waals surface area contributed by atoms with Crippen molar-refractivity contribution in [3.63, 3.8) is 0 Å². The molecule has 1 atom stereocenters. The van der Waals surface area contributed by atoms with Crippen molar-refractivity contribution in [3.05, 3.63) is 35.4 Å². The van der Waals surface area contributed by atoms with E-state index in [0.717, 1.165) is 19.6 Å². The fourth-order valence-corrected chi connectivity index (χ4v) is 2.63. The molecule has 0 aromatic heterocycles. The summed E-state index contributed by atoms with van der Waals surface area (Å²) in [6, 6.07) is 9.16. The molecule has 1 aliphatic heterocycles. The molecule has 2 nitrogen and oxygen atoms in total. The minimum absolute atomic E-state index is 0.247. The van der Waals surface area contributed by atoms with Gasteiger partial charge in [-0.25, -0.2) is 0 Å². The van der Waals surface area contributed by atoms with Crippen LogP contribution in [0.5, 0.6) is 0 Å². The molecular formula is C14H22N2. The van der Waals surface area contributed by atoms with E-state index >= 15 is 0 Å². The molecule has 1 heterocycles. The van der Waals surface area contributed by atoms with E-state index < -0.39 is 0 Å². The SMILES string of the molecule is CC(C)(C)C(CN)N1Cc2ccccc2C1. The Labute approximate surface area is 98.4 Å². The molecule has 0 spiro atoms. The highest BCUT2D eigenvalue weighted by Gasteiger charge is 2.32. The van der Waals surface area contributed by atoms with Gasteiger partial charge in [-0.15, -0.1) is 0 Å². The first kappa shape index (κ1) is 11.6. The third-order valence-corrected chi connectivity index (χ3v) is 3.53. The quantitative estimate of drug-likeness (QED) is 0.826. The molecule has 1 aromatic carbocycles. The van der Waals surface area contributed by atoms with Crippen LogP contribution in [0, 0.1) is 5.41 Å². The van der Waals surface area contributed by atoms with Gasteiger partial charge < -0.3 is 5.73 Å². The summed E-state index contributed by atoms with van der Waals surface area (Å²) >= 11 is 0. The minimum atomic E-state index is 0.247. The normalized spacial score (nSPS) is 18.5. The van der Waals surface area contributed by atoms with E-state index in [4.69, 9.17) is 5.73 Å². The van der Waals surface area contributed by atoms with Crippen LogP contribution in [-0.4, -0.2) is 17.5 Å². The van der Waals surface area contributed by atoms with Crippen molar-refractivity contribution >= 4 is 0 Å². The van der Waals surface area contributed by atoms with Crippen molar-refractivity contribution in [2.45, 2.75) is 39.9 Å². The maximum Gasteiger partial charge on any atom is 0.0273 e. The first-order valence-electron chi connectivity index (χ1n) is 6.03. The smallest absolute Gasteiger partial charge is 0.0273 e. The first-order valence-corrected chi connectivity index (χ1v) is 6.03. The van der Waals surface area contributed by atoms with Gasteiger partial charge in [0.2, 0.25) is 0 Å². The first-order chi connectivity index (χ1) is 7.52. The zero-order chi connectivity index (χ0) is 11.8. The van der Waals surface area contributed by atoms with Crippen LogP contribution >= 0.6 is 0 Å². The molecular weight excluding hydrogens is 196 g/mol. The van der Waals surface area contributed by atoms with E-state index in [1.165, 1.54) is 11.1 Å². The van der Waals surface area contributed by atoms with Crippen molar-refractivity contribution in [3.8, 4) is 0 Å². The van der Waals surface area contributed by atoms with Gasteiger partial charge in [-0.3, -0.25) is 4.90 Å². The summed E-state index contributed by atoms with van der Waals surface area (Å²) in [5, 5.41) is 0. The molecule has 0 fully saturated rings. The second kappa shape index (κ2) is 4.19. The number of nitrogens with two attached hydrogens (primary N) is 1. The van der Waals surface area contributed by atoms with Crippen LogP contribution in [0.3, 0.4) is 0 Å². The van der Waals surface area contributed by atoms with Crippen LogP contribution in [0.4, 0.5) is 0 Å². The third-order valence-electron chi connectivity index (χ3n) is 3.53. The molecule has 0 amide bonds. The van der Waals surface area contributed by atoms with Crippen LogP contribution in [0.1, 0.15) is 31.9 Å². The van der Waals surface area contributed by atoms with Crippen molar-refractivity contribution in [1.29, 1.82) is 0 Å². The van der Waals surface area contributed by atoms with Gasteiger partial charge in [-0.1, -0.05) is 45.0 Å². The van der Waals surface area contributed by atoms with Crippen LogP contribution < -0.4 is 5.73 Å². The lowest BCUT2D eigenvalue weighted by molar-refractivity contribution is 0.103. The average Bonchev–Trinajstić information content (AvgIpc) is 2.59. The fraction of sp³-hybridized carbons (Fsp3) is 0.571. The molecule has 0 radical (unpaired) electrons. The van der Waals surface area contributed by atoms with E-state index in [-0.39, 0.29) is 5.41 Å². The van der Waals surface area contributed by atoms with Crippen molar-refractivity contribution < 1.29 is 0 Å². The molecule has 1 unspecified atom stereocenters. The predicted molar refractivity (Wildman–Crippen MR) is 68.0 cm³/mol. The van der Waals surface area contributed by atoms with Gasteiger partial charge in [-0.05, 0) is 16.5 Å². The maximum absolute atomic E-state index is 5.93. The lowest BCUT2D eigenvalue weighted by atomic mass is 9.86. The summed E-state index contributed by atoms with van der Waals surface area (Å²) in [6.07, 6.45) is 0. The average molecular weight is 218 g/mol. The number of nitrogens with zero attached hydrogens (tertiary/aromatic N) is 1. The Bertz CT molecular complexity index is 340. The number of hydrogen-bond acceptors (Lipinski definition) is 2. The van der Waals surface area contributed by atoms with E-state index in [0.29, 0.717) is 6.04 Å². The van der Waals surface area contributed by atoms with E-state index in [1.54, 1.807) is 0 Å². The van der Waals surface area contributed by atoms with Gasteiger partial charge in [0.1, 0.15) is 0 Å². The van der Waals surface area contributed by atoms with Crippen LogP contribution in [0.15, 0.2) is 24.3 Å². The number of hydrogen-bond donors (Lipinski definition) is 1. The Balaban J connectivity index is 2.16. The zero-order valence-corrected chi connectivity index (χ0v) is 10.5. The van der Waals surface area contributed by atoms with Gasteiger partial charge >= 0.3 is 0 Å². The number of fused-ring (bicyclic) bond motifs is 1. The molecule has 0 saturated heterocycles. The Morgan fingerprint density at radius 1 is 1.19 bits per heavy atom. The Hall–Kier alpha value is -0.860. The van der Waals surface area contributed by atoms with Crippen LogP contribution in [0.25, 0.3) is 0 Å². The molecule has 0 aliphatic carbocycles. The minimum Gasteiger partial charge on any atom is -0.329 e. The second-order valence-electron chi connectivity index (χ2n) is 5.79. The highest BCUT2D eigenvalue weighted by Crippen LogP contribution is 2.31. The molecule has 16 heavy (non-hydrogen) atoms. The number of rotatable bonds is 2. The van der Waals surface area contributed by atoms with Crippen molar-refractivity contribution in [2.75, 3.05) is 6.54 Å². The fourth-order valence-electron chi connectivity index (χ4n) is 2.63. The molecule has 2 heteroatoms.